The molecular formula is C14H17NO4. The van der Waals surface area contributed by atoms with Crippen LogP contribution in [0.4, 0.5) is 0 Å². The number of methoxy groups -OCH3 is 1. The lowest BCUT2D eigenvalue weighted by atomic mass is 10.1. The van der Waals surface area contributed by atoms with Crippen molar-refractivity contribution in [3.05, 3.63) is 29.3 Å². The minimum Gasteiger partial charge on any atom is -0.497 e. The molecule has 0 radical (unpaired) electrons. The van der Waals surface area contributed by atoms with E-state index < -0.39 is 12.0 Å². The first-order chi connectivity index (χ1) is 9.04. The number of hydrogen-bond donors (Lipinski definition) is 1. The maximum atomic E-state index is 12.4. The molecule has 1 aromatic rings. The summed E-state index contributed by atoms with van der Waals surface area (Å²) >= 11 is 0. The summed E-state index contributed by atoms with van der Waals surface area (Å²) in [6.07, 6.45) is 1.26. The molecule has 1 atom stereocenters. The largest absolute Gasteiger partial charge is 0.497 e. The Balaban J connectivity index is 2.26. The Morgan fingerprint density at radius 2 is 2.16 bits per heavy atom. The summed E-state index contributed by atoms with van der Waals surface area (Å²) in [4.78, 5) is 25.0. The van der Waals surface area contributed by atoms with Crippen LogP contribution in [0.2, 0.25) is 0 Å². The van der Waals surface area contributed by atoms with Crippen LogP contribution in [0, 0.1) is 6.92 Å². The highest BCUT2D eigenvalue weighted by Crippen LogP contribution is 2.23. The second-order valence-corrected chi connectivity index (χ2v) is 4.68. The summed E-state index contributed by atoms with van der Waals surface area (Å²) in [6.45, 7) is 2.32. The summed E-state index contributed by atoms with van der Waals surface area (Å²) in [6, 6.07) is 4.48. The average Bonchev–Trinajstić information content (AvgIpc) is 2.87. The first-order valence-electron chi connectivity index (χ1n) is 6.23. The minimum absolute atomic E-state index is 0.218. The smallest absolute Gasteiger partial charge is 0.326 e. The van der Waals surface area contributed by atoms with Gasteiger partial charge in [0, 0.05) is 12.1 Å². The number of carboxylic acid groups (broad SMARTS) is 1. The number of benzene rings is 1. The molecule has 1 fully saturated rings. The van der Waals surface area contributed by atoms with Crippen LogP contribution in [0.5, 0.6) is 5.75 Å². The molecule has 0 unspecified atom stereocenters. The fourth-order valence-electron chi connectivity index (χ4n) is 2.42. The average molecular weight is 263 g/mol. The molecule has 102 valence electrons. The lowest BCUT2D eigenvalue weighted by Crippen LogP contribution is -2.40. The van der Waals surface area contributed by atoms with Gasteiger partial charge in [-0.25, -0.2) is 4.79 Å². The molecule has 5 heteroatoms. The molecule has 1 heterocycles. The first kappa shape index (κ1) is 13.4. The molecule has 1 saturated heterocycles. The second-order valence-electron chi connectivity index (χ2n) is 4.68. The van der Waals surface area contributed by atoms with E-state index >= 15 is 0 Å². The lowest BCUT2D eigenvalue weighted by molar-refractivity contribution is -0.141. The maximum Gasteiger partial charge on any atom is 0.326 e. The van der Waals surface area contributed by atoms with E-state index in [9.17, 15) is 9.59 Å². The van der Waals surface area contributed by atoms with Crippen molar-refractivity contribution >= 4 is 11.9 Å². The summed E-state index contributed by atoms with van der Waals surface area (Å²) in [5.41, 5.74) is 1.33. The molecule has 1 aliphatic heterocycles. The molecule has 1 N–H and O–H groups in total. The molecule has 5 nitrogen and oxygen atoms in total. The van der Waals surface area contributed by atoms with Gasteiger partial charge in [0.1, 0.15) is 11.8 Å². The van der Waals surface area contributed by atoms with Gasteiger partial charge in [0.15, 0.2) is 0 Å². The lowest BCUT2D eigenvalue weighted by Gasteiger charge is -2.22. The van der Waals surface area contributed by atoms with Gasteiger partial charge in [-0.15, -0.1) is 0 Å². The van der Waals surface area contributed by atoms with Crippen molar-refractivity contribution in [2.75, 3.05) is 13.7 Å². The van der Waals surface area contributed by atoms with E-state index in [2.05, 4.69) is 0 Å². The standard InChI is InChI=1S/C14H17NO4/c1-9-8-10(19-2)5-6-11(9)13(16)15-7-3-4-12(15)14(17)18/h5-6,8,12H,3-4,7H2,1-2H3,(H,17,18)/t12-/m0/s1. The van der Waals surface area contributed by atoms with Crippen molar-refractivity contribution in [2.45, 2.75) is 25.8 Å². The number of carboxylic acids is 1. The summed E-state index contributed by atoms with van der Waals surface area (Å²) in [5, 5.41) is 9.12. The molecule has 0 spiro atoms. The molecule has 0 aromatic heterocycles. The predicted molar refractivity (Wildman–Crippen MR) is 69.4 cm³/mol. The van der Waals surface area contributed by atoms with Crippen LogP contribution < -0.4 is 4.74 Å². The van der Waals surface area contributed by atoms with Gasteiger partial charge in [-0.1, -0.05) is 0 Å². The Kier molecular flexibility index (Phi) is 3.74. The molecule has 0 saturated carbocycles. The van der Waals surface area contributed by atoms with E-state index in [1.54, 1.807) is 25.3 Å². The van der Waals surface area contributed by atoms with Crippen molar-refractivity contribution in [2.24, 2.45) is 0 Å². The summed E-state index contributed by atoms with van der Waals surface area (Å²) in [5.74, 6) is -0.465. The van der Waals surface area contributed by atoms with Crippen LogP contribution in [0.3, 0.4) is 0 Å². The van der Waals surface area contributed by atoms with Crippen LogP contribution >= 0.6 is 0 Å². The van der Waals surface area contributed by atoms with Gasteiger partial charge in [0.25, 0.3) is 5.91 Å². The van der Waals surface area contributed by atoms with Crippen molar-refractivity contribution in [3.8, 4) is 5.75 Å². The Morgan fingerprint density at radius 3 is 2.74 bits per heavy atom. The highest BCUT2D eigenvalue weighted by atomic mass is 16.5. The highest BCUT2D eigenvalue weighted by Gasteiger charge is 2.34. The van der Waals surface area contributed by atoms with E-state index in [0.717, 1.165) is 12.0 Å². The zero-order valence-corrected chi connectivity index (χ0v) is 11.0. The Hall–Kier alpha value is -2.04. The number of ether oxygens (including phenoxy) is 1. The molecule has 19 heavy (non-hydrogen) atoms. The number of carbonyl (C=O) groups is 2. The number of likely N-dealkylation sites (tertiary alicyclic amines) is 1. The normalized spacial score (nSPS) is 18.4. The fraction of sp³-hybridized carbons (Fsp3) is 0.429. The van der Waals surface area contributed by atoms with Crippen LogP contribution in [0.25, 0.3) is 0 Å². The van der Waals surface area contributed by atoms with Gasteiger partial charge in [0.2, 0.25) is 0 Å². The number of aliphatic carboxylic acids is 1. The molecule has 0 bridgehead atoms. The van der Waals surface area contributed by atoms with Gasteiger partial charge in [0.05, 0.1) is 7.11 Å². The highest BCUT2D eigenvalue weighted by molar-refractivity contribution is 5.98. The Morgan fingerprint density at radius 1 is 1.42 bits per heavy atom. The van der Waals surface area contributed by atoms with Crippen molar-refractivity contribution in [1.29, 1.82) is 0 Å². The molecule has 0 aliphatic carbocycles. The van der Waals surface area contributed by atoms with Gasteiger partial charge < -0.3 is 14.7 Å². The van der Waals surface area contributed by atoms with Crippen molar-refractivity contribution < 1.29 is 19.4 Å². The summed E-state index contributed by atoms with van der Waals surface area (Å²) < 4.78 is 5.10. The van der Waals surface area contributed by atoms with Gasteiger partial charge >= 0.3 is 5.97 Å². The van der Waals surface area contributed by atoms with E-state index in [1.165, 1.54) is 4.90 Å². The van der Waals surface area contributed by atoms with E-state index in [0.29, 0.717) is 24.3 Å². The maximum absolute atomic E-state index is 12.4. The number of nitrogens with zero attached hydrogens (tertiary/aromatic N) is 1. The fourth-order valence-corrected chi connectivity index (χ4v) is 2.42. The number of amides is 1. The SMILES string of the molecule is COc1ccc(C(=O)N2CCC[C@H]2C(=O)O)c(C)c1. The van der Waals surface area contributed by atoms with E-state index in [-0.39, 0.29) is 5.91 Å². The van der Waals surface area contributed by atoms with Crippen LogP contribution in [0.1, 0.15) is 28.8 Å². The van der Waals surface area contributed by atoms with Crippen LogP contribution in [-0.4, -0.2) is 41.6 Å². The third kappa shape index (κ3) is 2.54. The van der Waals surface area contributed by atoms with Gasteiger partial charge in [-0.05, 0) is 43.5 Å². The molecular weight excluding hydrogens is 246 g/mol. The molecule has 1 aliphatic rings. The number of rotatable bonds is 3. The third-order valence-corrected chi connectivity index (χ3v) is 3.46. The van der Waals surface area contributed by atoms with E-state index in [1.807, 2.05) is 6.92 Å². The first-order valence-corrected chi connectivity index (χ1v) is 6.23. The van der Waals surface area contributed by atoms with Crippen molar-refractivity contribution in [1.82, 2.24) is 4.90 Å². The quantitative estimate of drug-likeness (QED) is 0.901. The molecule has 1 aromatic carbocycles. The second kappa shape index (κ2) is 5.30. The van der Waals surface area contributed by atoms with Crippen LogP contribution in [-0.2, 0) is 4.79 Å². The number of carbonyl (C=O) groups excluding carboxylic acids is 1. The zero-order valence-electron chi connectivity index (χ0n) is 11.0. The number of hydrogen-bond acceptors (Lipinski definition) is 3. The van der Waals surface area contributed by atoms with Crippen LogP contribution in [0.15, 0.2) is 18.2 Å². The third-order valence-electron chi connectivity index (χ3n) is 3.46. The van der Waals surface area contributed by atoms with E-state index in [4.69, 9.17) is 9.84 Å². The summed E-state index contributed by atoms with van der Waals surface area (Å²) in [7, 11) is 1.57. The Labute approximate surface area is 111 Å². The monoisotopic (exact) mass is 263 g/mol. The predicted octanol–water partition coefficient (Wildman–Crippen LogP) is 1.69. The minimum atomic E-state index is -0.933. The Bertz CT molecular complexity index is 512. The molecule has 1 amide bonds. The number of aryl methyl sites for hydroxylation is 1. The van der Waals surface area contributed by atoms with Gasteiger partial charge in [-0.2, -0.15) is 0 Å². The molecule has 2 rings (SSSR count). The van der Waals surface area contributed by atoms with Crippen molar-refractivity contribution in [3.63, 3.8) is 0 Å². The topological polar surface area (TPSA) is 66.8 Å². The van der Waals surface area contributed by atoms with Gasteiger partial charge in [-0.3, -0.25) is 4.79 Å². The zero-order chi connectivity index (χ0) is 14.0.